The lowest BCUT2D eigenvalue weighted by atomic mass is 10.1. The van der Waals surface area contributed by atoms with Crippen molar-refractivity contribution in [2.45, 2.75) is 48.6 Å². The number of benzene rings is 1. The number of carbonyl (C=O) groups excluding carboxylic acids is 1. The van der Waals surface area contributed by atoms with E-state index in [1.54, 1.807) is 26.0 Å². The van der Waals surface area contributed by atoms with Crippen LogP contribution in [0.1, 0.15) is 38.2 Å². The highest BCUT2D eigenvalue weighted by Gasteiger charge is 2.52. The molecule has 0 spiro atoms. The van der Waals surface area contributed by atoms with Crippen LogP contribution in [0.25, 0.3) is 0 Å². The van der Waals surface area contributed by atoms with E-state index in [2.05, 4.69) is 5.32 Å². The van der Waals surface area contributed by atoms with E-state index in [9.17, 15) is 13.2 Å². The predicted molar refractivity (Wildman–Crippen MR) is 98.1 cm³/mol. The van der Waals surface area contributed by atoms with Crippen molar-refractivity contribution in [2.75, 3.05) is 11.5 Å². The molecule has 0 unspecified atom stereocenters. The first-order chi connectivity index (χ1) is 11.5. The highest BCUT2D eigenvalue weighted by Crippen LogP contribution is 2.59. The first-order valence-corrected chi connectivity index (χ1v) is 10.7. The molecule has 1 saturated carbocycles. The Balaban J connectivity index is 1.60. The molecule has 0 aromatic heterocycles. The summed E-state index contributed by atoms with van der Waals surface area (Å²) in [6.07, 6.45) is 1.17. The van der Waals surface area contributed by atoms with Crippen LogP contribution in [0, 0.1) is 0 Å². The molecule has 1 heterocycles. The Morgan fingerprint density at radius 2 is 1.88 bits per heavy atom. The second-order valence-corrected chi connectivity index (χ2v) is 11.0. The van der Waals surface area contributed by atoms with Gasteiger partial charge in [0, 0.05) is 12.0 Å². The summed E-state index contributed by atoms with van der Waals surface area (Å²) in [5, 5.41) is 2.77. The van der Waals surface area contributed by atoms with Gasteiger partial charge in [0.2, 0.25) is 0 Å². The van der Waals surface area contributed by atoms with Gasteiger partial charge < -0.3 is 10.1 Å². The van der Waals surface area contributed by atoms with Crippen LogP contribution < -0.4 is 10.1 Å². The summed E-state index contributed by atoms with van der Waals surface area (Å²) in [5.74, 6) is 0.457. The first-order valence-electron chi connectivity index (χ1n) is 8.17. The molecule has 2 atom stereocenters. The van der Waals surface area contributed by atoms with Gasteiger partial charge in [0.25, 0.3) is 5.91 Å². The zero-order valence-electron chi connectivity index (χ0n) is 14.1. The number of carbonyl (C=O) groups is 1. The first kappa shape index (κ1) is 18.8. The molecule has 1 N–H and O–H groups in total. The highest BCUT2D eigenvalue weighted by atomic mass is 35.5. The van der Waals surface area contributed by atoms with Crippen LogP contribution in [0.2, 0.25) is 0 Å². The molecule has 2 aliphatic rings. The maximum atomic E-state index is 12.4. The SMILES string of the molecule is CC(C)(Oc1ccc([C@@H]2CC2(Cl)Cl)cc1)C(=O)N[C@@H]1CCS(=O)(=O)C1. The van der Waals surface area contributed by atoms with Crippen molar-refractivity contribution in [3.05, 3.63) is 29.8 Å². The molecule has 1 aliphatic heterocycles. The van der Waals surface area contributed by atoms with Crippen molar-refractivity contribution < 1.29 is 17.9 Å². The molecule has 1 amide bonds. The summed E-state index contributed by atoms with van der Waals surface area (Å²) in [7, 11) is -3.04. The van der Waals surface area contributed by atoms with Gasteiger partial charge in [-0.05, 0) is 44.4 Å². The van der Waals surface area contributed by atoms with E-state index in [-0.39, 0.29) is 29.4 Å². The molecule has 3 rings (SSSR count). The molecule has 0 bridgehead atoms. The second kappa shape index (κ2) is 6.32. The van der Waals surface area contributed by atoms with E-state index in [0.29, 0.717) is 12.2 Å². The highest BCUT2D eigenvalue weighted by molar-refractivity contribution is 7.91. The number of halogens is 2. The molecular weight excluding hydrogens is 385 g/mol. The lowest BCUT2D eigenvalue weighted by Gasteiger charge is -2.27. The van der Waals surface area contributed by atoms with Crippen LogP contribution in [-0.4, -0.2) is 41.8 Å². The minimum atomic E-state index is -3.04. The summed E-state index contributed by atoms with van der Waals surface area (Å²) in [4.78, 5) is 12.4. The molecule has 138 valence electrons. The molecule has 1 aromatic rings. The summed E-state index contributed by atoms with van der Waals surface area (Å²) < 4.78 is 28.1. The quantitative estimate of drug-likeness (QED) is 0.764. The smallest absolute Gasteiger partial charge is 0.263 e. The van der Waals surface area contributed by atoms with Gasteiger partial charge in [-0.15, -0.1) is 23.2 Å². The fraction of sp³-hybridized carbons (Fsp3) is 0.588. The zero-order chi connectivity index (χ0) is 18.5. The molecule has 0 radical (unpaired) electrons. The van der Waals surface area contributed by atoms with Gasteiger partial charge in [-0.25, -0.2) is 8.42 Å². The molecule has 1 aliphatic carbocycles. The van der Waals surface area contributed by atoms with E-state index in [0.717, 1.165) is 12.0 Å². The van der Waals surface area contributed by atoms with E-state index >= 15 is 0 Å². The van der Waals surface area contributed by atoms with Crippen LogP contribution in [0.15, 0.2) is 24.3 Å². The monoisotopic (exact) mass is 405 g/mol. The Morgan fingerprint density at radius 3 is 2.36 bits per heavy atom. The number of hydrogen-bond acceptors (Lipinski definition) is 4. The Kier molecular flexibility index (Phi) is 4.75. The Morgan fingerprint density at radius 1 is 1.28 bits per heavy atom. The van der Waals surface area contributed by atoms with Crippen LogP contribution in [0.5, 0.6) is 5.75 Å². The minimum Gasteiger partial charge on any atom is -0.478 e. The number of rotatable bonds is 5. The second-order valence-electron chi connectivity index (χ2n) is 7.27. The standard InChI is InChI=1S/C17H21Cl2NO4S/c1-16(2,15(21)20-12-7-8-25(22,23)10-12)24-13-5-3-11(4-6-13)14-9-17(14,18)19/h3-6,12,14H,7-10H2,1-2H3,(H,20,21)/t12-,14+/m1/s1. The molecule has 25 heavy (non-hydrogen) atoms. The molecule has 8 heteroatoms. The van der Waals surface area contributed by atoms with Gasteiger partial charge in [-0.3, -0.25) is 4.79 Å². The van der Waals surface area contributed by atoms with Gasteiger partial charge >= 0.3 is 0 Å². The Labute approximate surface area is 157 Å². The molecule has 1 saturated heterocycles. The largest absolute Gasteiger partial charge is 0.478 e. The van der Waals surface area contributed by atoms with Crippen molar-refractivity contribution in [3.8, 4) is 5.75 Å². The topological polar surface area (TPSA) is 72.5 Å². The maximum absolute atomic E-state index is 12.4. The number of ether oxygens (including phenoxy) is 1. The summed E-state index contributed by atoms with van der Waals surface area (Å²) >= 11 is 12.1. The van der Waals surface area contributed by atoms with Gasteiger partial charge in [0.1, 0.15) is 10.1 Å². The third-order valence-electron chi connectivity index (χ3n) is 4.60. The van der Waals surface area contributed by atoms with Crippen LogP contribution >= 0.6 is 23.2 Å². The molecule has 2 fully saturated rings. The zero-order valence-corrected chi connectivity index (χ0v) is 16.4. The van der Waals surface area contributed by atoms with Crippen molar-refractivity contribution in [1.82, 2.24) is 5.32 Å². The minimum absolute atomic E-state index is 0.0104. The average molecular weight is 406 g/mol. The van der Waals surface area contributed by atoms with Crippen LogP contribution in [0.4, 0.5) is 0 Å². The third kappa shape index (κ3) is 4.41. The lowest BCUT2D eigenvalue weighted by Crippen LogP contribution is -2.50. The fourth-order valence-corrected chi connectivity index (χ4v) is 5.19. The molecule has 5 nitrogen and oxygen atoms in total. The lowest BCUT2D eigenvalue weighted by molar-refractivity contribution is -0.134. The number of sulfone groups is 1. The fourth-order valence-electron chi connectivity index (χ4n) is 2.95. The van der Waals surface area contributed by atoms with Crippen LogP contribution in [-0.2, 0) is 14.6 Å². The predicted octanol–water partition coefficient (Wildman–Crippen LogP) is 2.81. The Hall–Kier alpha value is -0.980. The van der Waals surface area contributed by atoms with Crippen molar-refractivity contribution in [1.29, 1.82) is 0 Å². The molecular formula is C17H21Cl2NO4S. The number of nitrogens with one attached hydrogen (secondary N) is 1. The Bertz CT molecular complexity index is 774. The van der Waals surface area contributed by atoms with Crippen molar-refractivity contribution in [2.24, 2.45) is 0 Å². The van der Waals surface area contributed by atoms with Crippen LogP contribution in [0.3, 0.4) is 0 Å². The average Bonchev–Trinajstić information content (AvgIpc) is 2.99. The van der Waals surface area contributed by atoms with Gasteiger partial charge in [-0.1, -0.05) is 12.1 Å². The van der Waals surface area contributed by atoms with E-state index < -0.39 is 19.8 Å². The van der Waals surface area contributed by atoms with Gasteiger partial charge in [0.15, 0.2) is 15.4 Å². The molecule has 1 aromatic carbocycles. The van der Waals surface area contributed by atoms with Gasteiger partial charge in [0.05, 0.1) is 11.5 Å². The summed E-state index contributed by atoms with van der Waals surface area (Å²) in [6.45, 7) is 3.31. The van der Waals surface area contributed by atoms with Gasteiger partial charge in [-0.2, -0.15) is 0 Å². The maximum Gasteiger partial charge on any atom is 0.263 e. The number of alkyl halides is 2. The number of hydrogen-bond donors (Lipinski definition) is 1. The summed E-state index contributed by atoms with van der Waals surface area (Å²) in [5.41, 5.74) is -0.0772. The van der Waals surface area contributed by atoms with E-state index in [1.165, 1.54) is 0 Å². The third-order valence-corrected chi connectivity index (χ3v) is 7.20. The normalized spacial score (nSPS) is 26.9. The van der Waals surface area contributed by atoms with Crippen molar-refractivity contribution >= 4 is 38.9 Å². The number of amides is 1. The van der Waals surface area contributed by atoms with E-state index in [4.69, 9.17) is 27.9 Å². The summed E-state index contributed by atoms with van der Waals surface area (Å²) in [6, 6.07) is 7.01. The van der Waals surface area contributed by atoms with E-state index in [1.807, 2.05) is 12.1 Å². The van der Waals surface area contributed by atoms with Crippen molar-refractivity contribution in [3.63, 3.8) is 0 Å².